The number of amides is 1. The first kappa shape index (κ1) is 17.2. The van der Waals surface area contributed by atoms with Crippen LogP contribution in [0.5, 0.6) is 0 Å². The number of nitrogens with zero attached hydrogens (tertiary/aromatic N) is 4. The summed E-state index contributed by atoms with van der Waals surface area (Å²) < 4.78 is 2.74. The fraction of sp³-hybridized carbons (Fsp3) is 0.0667. The number of nitro groups is 2. The van der Waals surface area contributed by atoms with E-state index in [4.69, 9.17) is 0 Å². The van der Waals surface area contributed by atoms with Crippen molar-refractivity contribution in [2.75, 3.05) is 0 Å². The Morgan fingerprint density at radius 2 is 1.73 bits per heavy atom. The number of para-hydroxylation sites is 1. The highest BCUT2D eigenvalue weighted by Gasteiger charge is 2.19. The molecule has 0 aliphatic rings. The third-order valence-electron chi connectivity index (χ3n) is 3.55. The van der Waals surface area contributed by atoms with Gasteiger partial charge in [-0.25, -0.2) is 5.43 Å². The van der Waals surface area contributed by atoms with E-state index in [9.17, 15) is 25.0 Å². The van der Waals surface area contributed by atoms with E-state index in [2.05, 4.69) is 10.5 Å². The molecule has 0 spiro atoms. The molecule has 0 unspecified atom stereocenters. The van der Waals surface area contributed by atoms with Gasteiger partial charge in [0.25, 0.3) is 17.3 Å². The second kappa shape index (κ2) is 6.72. The Labute approximate surface area is 149 Å². The summed E-state index contributed by atoms with van der Waals surface area (Å²) in [7, 11) is 1.78. The molecule has 0 aliphatic heterocycles. The predicted octanol–water partition coefficient (Wildman–Crippen LogP) is 2.30. The van der Waals surface area contributed by atoms with E-state index < -0.39 is 27.1 Å². The van der Waals surface area contributed by atoms with E-state index in [1.807, 2.05) is 24.3 Å². The van der Waals surface area contributed by atoms with Crippen molar-refractivity contribution in [3.05, 3.63) is 73.1 Å². The smallest absolute Gasteiger partial charge is 0.277 e. The van der Waals surface area contributed by atoms with Gasteiger partial charge < -0.3 is 4.57 Å². The van der Waals surface area contributed by atoms with Crippen LogP contribution < -0.4 is 10.2 Å². The van der Waals surface area contributed by atoms with Crippen LogP contribution >= 0.6 is 11.3 Å². The standard InChI is InChI=1S/C15H11N5O5S/c1-18-12-4-2-3-5-13(12)26-15(18)17-16-14(21)9-6-10(19(22)23)8-11(7-9)20(24)25/h2-8H,1H3,(H,16,21). The number of rotatable bonds is 4. The van der Waals surface area contributed by atoms with Crippen LogP contribution in [0.15, 0.2) is 47.6 Å². The van der Waals surface area contributed by atoms with Gasteiger partial charge in [-0.15, -0.1) is 5.10 Å². The number of nitro benzene ring substituents is 2. The molecular formula is C15H11N5O5S. The Morgan fingerprint density at radius 3 is 2.31 bits per heavy atom. The summed E-state index contributed by atoms with van der Waals surface area (Å²) in [6.45, 7) is 0. The second-order valence-electron chi connectivity index (χ2n) is 5.22. The van der Waals surface area contributed by atoms with Crippen molar-refractivity contribution in [1.82, 2.24) is 9.99 Å². The van der Waals surface area contributed by atoms with Crippen LogP contribution in [0.2, 0.25) is 0 Å². The molecule has 0 saturated heterocycles. The Kier molecular flexibility index (Phi) is 4.45. The second-order valence-corrected chi connectivity index (χ2v) is 6.23. The number of aryl methyl sites for hydroxylation is 1. The molecule has 0 atom stereocenters. The zero-order valence-corrected chi connectivity index (χ0v) is 14.1. The maximum atomic E-state index is 12.2. The highest BCUT2D eigenvalue weighted by atomic mass is 32.1. The molecule has 0 aliphatic carbocycles. The van der Waals surface area contributed by atoms with Crippen molar-refractivity contribution in [1.29, 1.82) is 0 Å². The summed E-state index contributed by atoms with van der Waals surface area (Å²) in [5.41, 5.74) is 1.89. The summed E-state index contributed by atoms with van der Waals surface area (Å²) in [5.74, 6) is -0.783. The first-order chi connectivity index (χ1) is 12.4. The molecule has 1 aromatic heterocycles. The lowest BCUT2D eigenvalue weighted by atomic mass is 10.1. The molecule has 3 rings (SSSR count). The third-order valence-corrected chi connectivity index (χ3v) is 4.67. The van der Waals surface area contributed by atoms with Gasteiger partial charge in [0.1, 0.15) is 0 Å². The van der Waals surface area contributed by atoms with Crippen LogP contribution in [-0.2, 0) is 7.05 Å². The molecule has 26 heavy (non-hydrogen) atoms. The quantitative estimate of drug-likeness (QED) is 0.553. The molecule has 3 aromatic rings. The number of aromatic nitrogens is 1. The lowest BCUT2D eigenvalue weighted by Crippen LogP contribution is -2.23. The predicted molar refractivity (Wildman–Crippen MR) is 93.6 cm³/mol. The zero-order valence-electron chi connectivity index (χ0n) is 13.3. The fourth-order valence-electron chi connectivity index (χ4n) is 2.29. The van der Waals surface area contributed by atoms with Crippen LogP contribution in [0, 0.1) is 20.2 Å². The molecule has 11 heteroatoms. The SMILES string of the molecule is Cn1c(=NNC(=O)c2cc([N+](=O)[O-])cc([N+](=O)[O-])c2)sc2ccccc21. The summed E-state index contributed by atoms with van der Waals surface area (Å²) in [6, 6.07) is 10.3. The van der Waals surface area contributed by atoms with Gasteiger partial charge in [-0.2, -0.15) is 0 Å². The van der Waals surface area contributed by atoms with E-state index in [0.717, 1.165) is 28.4 Å². The van der Waals surface area contributed by atoms with E-state index in [1.165, 1.54) is 11.3 Å². The normalized spacial score (nSPS) is 11.5. The van der Waals surface area contributed by atoms with Gasteiger partial charge >= 0.3 is 0 Å². The van der Waals surface area contributed by atoms with Crippen LogP contribution in [0.3, 0.4) is 0 Å². The number of carbonyl (C=O) groups excluding carboxylic acids is 1. The van der Waals surface area contributed by atoms with Crippen molar-refractivity contribution in [3.63, 3.8) is 0 Å². The molecule has 0 fully saturated rings. The van der Waals surface area contributed by atoms with Crippen LogP contribution in [0.25, 0.3) is 10.2 Å². The number of thiazole rings is 1. The van der Waals surface area contributed by atoms with Crippen LogP contribution in [-0.4, -0.2) is 20.3 Å². The number of hydrogen-bond donors (Lipinski definition) is 1. The van der Waals surface area contributed by atoms with Gasteiger partial charge in [0.05, 0.1) is 31.7 Å². The molecule has 1 heterocycles. The lowest BCUT2D eigenvalue weighted by molar-refractivity contribution is -0.394. The Balaban J connectivity index is 1.95. The minimum Gasteiger partial charge on any atom is -0.318 e. The van der Waals surface area contributed by atoms with Crippen molar-refractivity contribution in [2.45, 2.75) is 0 Å². The Bertz CT molecular complexity index is 1080. The Morgan fingerprint density at radius 1 is 1.12 bits per heavy atom. The van der Waals surface area contributed by atoms with E-state index in [0.29, 0.717) is 4.80 Å². The lowest BCUT2D eigenvalue weighted by Gasteiger charge is -2.01. The highest BCUT2D eigenvalue weighted by molar-refractivity contribution is 7.16. The molecule has 1 amide bonds. The number of carbonyl (C=O) groups is 1. The monoisotopic (exact) mass is 373 g/mol. The highest BCUT2D eigenvalue weighted by Crippen LogP contribution is 2.22. The van der Waals surface area contributed by atoms with Crippen molar-refractivity contribution in [2.24, 2.45) is 12.1 Å². The topological polar surface area (TPSA) is 133 Å². The molecule has 0 radical (unpaired) electrons. The van der Waals surface area contributed by atoms with Crippen molar-refractivity contribution < 1.29 is 14.6 Å². The van der Waals surface area contributed by atoms with E-state index in [-0.39, 0.29) is 5.56 Å². The summed E-state index contributed by atoms with van der Waals surface area (Å²) in [6.07, 6.45) is 0. The third kappa shape index (κ3) is 3.28. The van der Waals surface area contributed by atoms with Gasteiger partial charge in [-0.1, -0.05) is 23.5 Å². The average Bonchev–Trinajstić information content (AvgIpc) is 2.95. The maximum Gasteiger partial charge on any atom is 0.277 e. The molecule has 0 saturated carbocycles. The number of fused-ring (bicyclic) bond motifs is 1. The number of benzene rings is 2. The first-order valence-corrected chi connectivity index (χ1v) is 8.01. The molecular weight excluding hydrogens is 362 g/mol. The van der Waals surface area contributed by atoms with E-state index in [1.54, 1.807) is 11.6 Å². The summed E-state index contributed by atoms with van der Waals surface area (Å²) in [5, 5.41) is 25.8. The number of hydrogen-bond acceptors (Lipinski definition) is 7. The summed E-state index contributed by atoms with van der Waals surface area (Å²) in [4.78, 5) is 32.9. The summed E-state index contributed by atoms with van der Waals surface area (Å²) >= 11 is 1.34. The minimum atomic E-state index is -0.799. The van der Waals surface area contributed by atoms with Crippen molar-refractivity contribution in [3.8, 4) is 0 Å². The molecule has 2 aromatic carbocycles. The molecule has 132 valence electrons. The minimum absolute atomic E-state index is 0.224. The van der Waals surface area contributed by atoms with Gasteiger partial charge in [0.15, 0.2) is 0 Å². The maximum absolute atomic E-state index is 12.2. The zero-order chi connectivity index (χ0) is 18.8. The molecule has 0 bridgehead atoms. The van der Waals surface area contributed by atoms with Gasteiger partial charge in [0, 0.05) is 19.2 Å². The van der Waals surface area contributed by atoms with E-state index >= 15 is 0 Å². The molecule has 1 N–H and O–H groups in total. The average molecular weight is 373 g/mol. The number of non-ortho nitro benzene ring substituents is 2. The van der Waals surface area contributed by atoms with Crippen LogP contribution in [0.1, 0.15) is 10.4 Å². The largest absolute Gasteiger partial charge is 0.318 e. The van der Waals surface area contributed by atoms with Crippen LogP contribution in [0.4, 0.5) is 11.4 Å². The Hall–Kier alpha value is -3.60. The van der Waals surface area contributed by atoms with Crippen molar-refractivity contribution >= 4 is 38.8 Å². The fourth-order valence-corrected chi connectivity index (χ4v) is 3.27. The molecule has 10 nitrogen and oxygen atoms in total. The van der Waals surface area contributed by atoms with Gasteiger partial charge in [-0.3, -0.25) is 25.0 Å². The van der Waals surface area contributed by atoms with Gasteiger partial charge in [-0.05, 0) is 12.1 Å². The van der Waals surface area contributed by atoms with Gasteiger partial charge in [0.2, 0.25) is 4.80 Å². The number of nitrogens with one attached hydrogen (secondary N) is 1. The first-order valence-electron chi connectivity index (χ1n) is 7.19.